The summed E-state index contributed by atoms with van der Waals surface area (Å²) >= 11 is 1.58. The van der Waals surface area contributed by atoms with E-state index in [1.807, 2.05) is 17.5 Å². The van der Waals surface area contributed by atoms with Gasteiger partial charge in [0.25, 0.3) is 0 Å². The number of esters is 1. The molecule has 4 rings (SSSR count). The summed E-state index contributed by atoms with van der Waals surface area (Å²) < 4.78 is 15.5. The average molecular weight is 515 g/mol. The molecular formula is C25H26N2O8S. The number of phenolic OH excluding ortho intramolecular Hbond substituents is 1. The largest absolute Gasteiger partial charge is 0.500 e. The number of methoxy groups -OCH3 is 2. The topological polar surface area (TPSA) is 137 Å². The predicted octanol–water partition coefficient (Wildman–Crippen LogP) is 3.92. The second-order valence-electron chi connectivity index (χ2n) is 8.51. The number of carbonyl (C=O) groups is 2. The van der Waals surface area contributed by atoms with E-state index in [1.54, 1.807) is 18.3 Å². The van der Waals surface area contributed by atoms with Crippen LogP contribution in [0.4, 0.5) is 5.69 Å². The van der Waals surface area contributed by atoms with Gasteiger partial charge in [0.05, 0.1) is 24.2 Å². The number of allylic oxidation sites excluding steroid dienone is 3. The summed E-state index contributed by atoms with van der Waals surface area (Å²) in [6, 6.07) is 6.51. The van der Waals surface area contributed by atoms with Crippen LogP contribution in [0.25, 0.3) is 0 Å². The molecule has 190 valence electrons. The minimum Gasteiger partial charge on any atom is -0.500 e. The normalized spacial score (nSPS) is 19.6. The second kappa shape index (κ2) is 10.5. The van der Waals surface area contributed by atoms with E-state index in [0.29, 0.717) is 23.4 Å². The van der Waals surface area contributed by atoms with Crippen molar-refractivity contribution in [2.24, 2.45) is 0 Å². The molecule has 0 spiro atoms. The molecule has 0 unspecified atom stereocenters. The fourth-order valence-corrected chi connectivity index (χ4v) is 5.57. The van der Waals surface area contributed by atoms with Crippen molar-refractivity contribution in [1.82, 2.24) is 5.32 Å². The van der Waals surface area contributed by atoms with E-state index >= 15 is 0 Å². The molecule has 2 heterocycles. The number of aromatic hydroxyl groups is 1. The van der Waals surface area contributed by atoms with E-state index in [4.69, 9.17) is 14.2 Å². The maximum atomic E-state index is 13.6. The van der Waals surface area contributed by atoms with Crippen molar-refractivity contribution in [3.8, 4) is 11.5 Å². The van der Waals surface area contributed by atoms with Crippen LogP contribution in [-0.4, -0.2) is 49.2 Å². The molecule has 2 aromatic rings. The Morgan fingerprint density at radius 2 is 2.06 bits per heavy atom. The van der Waals surface area contributed by atoms with E-state index in [9.17, 15) is 24.8 Å². The summed E-state index contributed by atoms with van der Waals surface area (Å²) in [5.74, 6) is -2.57. The summed E-state index contributed by atoms with van der Waals surface area (Å²) in [6.07, 6.45) is 0.776. The van der Waals surface area contributed by atoms with Gasteiger partial charge in [-0.05, 0) is 36.4 Å². The number of thiophene rings is 1. The molecule has 2 N–H and O–H groups in total. The molecule has 0 bridgehead atoms. The van der Waals surface area contributed by atoms with Crippen molar-refractivity contribution in [1.29, 1.82) is 0 Å². The number of benzene rings is 1. The first kappa shape index (κ1) is 25.4. The molecule has 0 fully saturated rings. The van der Waals surface area contributed by atoms with Gasteiger partial charge in [-0.1, -0.05) is 6.07 Å². The molecule has 0 saturated carbocycles. The Morgan fingerprint density at radius 3 is 2.69 bits per heavy atom. The number of Topliss-reactive ketones (excluding diaryl/α,β-unsaturated/α-hetero) is 1. The van der Waals surface area contributed by atoms with Crippen molar-refractivity contribution < 1.29 is 33.8 Å². The average Bonchev–Trinajstić information content (AvgIpc) is 3.38. The van der Waals surface area contributed by atoms with Crippen LogP contribution in [0.5, 0.6) is 11.5 Å². The third-order valence-electron chi connectivity index (χ3n) is 6.34. The van der Waals surface area contributed by atoms with Crippen LogP contribution in [0.15, 0.2) is 52.2 Å². The van der Waals surface area contributed by atoms with Gasteiger partial charge in [-0.2, -0.15) is 0 Å². The zero-order chi connectivity index (χ0) is 26.0. The van der Waals surface area contributed by atoms with E-state index in [2.05, 4.69) is 5.32 Å². The Balaban J connectivity index is 1.86. The van der Waals surface area contributed by atoms with Crippen molar-refractivity contribution in [2.75, 3.05) is 27.4 Å². The van der Waals surface area contributed by atoms with Crippen molar-refractivity contribution in [3.05, 3.63) is 72.7 Å². The number of dihydropyridines is 1. The van der Waals surface area contributed by atoms with Crippen LogP contribution in [0.3, 0.4) is 0 Å². The SMILES string of the molecule is COCCOC(=O)C1=C(C)NC2=C(C(=O)C[C@@H](c3cccs3)C2)[C@@H]1c1cc(OC)c(O)c([N+](=O)[O-])c1. The van der Waals surface area contributed by atoms with E-state index in [0.717, 1.165) is 4.88 Å². The van der Waals surface area contributed by atoms with Crippen molar-refractivity contribution >= 4 is 28.8 Å². The van der Waals surface area contributed by atoms with E-state index < -0.39 is 28.2 Å². The summed E-state index contributed by atoms with van der Waals surface area (Å²) in [5.41, 5.74) is 1.34. The Hall–Kier alpha value is -3.70. The van der Waals surface area contributed by atoms with Gasteiger partial charge in [0, 0.05) is 53.3 Å². The Labute approximate surface area is 211 Å². The van der Waals surface area contributed by atoms with Gasteiger partial charge < -0.3 is 24.6 Å². The predicted molar refractivity (Wildman–Crippen MR) is 131 cm³/mol. The molecule has 2 aliphatic rings. The fourth-order valence-electron chi connectivity index (χ4n) is 4.74. The Morgan fingerprint density at radius 1 is 1.28 bits per heavy atom. The lowest BCUT2D eigenvalue weighted by molar-refractivity contribution is -0.386. The first-order valence-corrected chi connectivity index (χ1v) is 12.1. The maximum Gasteiger partial charge on any atom is 0.336 e. The minimum absolute atomic E-state index is 0.00180. The molecule has 0 saturated heterocycles. The monoisotopic (exact) mass is 514 g/mol. The van der Waals surface area contributed by atoms with Crippen LogP contribution in [0.1, 0.15) is 42.0 Å². The number of nitro benzene ring substituents is 1. The second-order valence-corrected chi connectivity index (χ2v) is 9.49. The lowest BCUT2D eigenvalue weighted by atomic mass is 9.72. The molecule has 1 aliphatic heterocycles. The van der Waals surface area contributed by atoms with Crippen LogP contribution in [0.2, 0.25) is 0 Å². The third-order valence-corrected chi connectivity index (χ3v) is 7.38. The smallest absolute Gasteiger partial charge is 0.336 e. The van der Waals surface area contributed by atoms with Crippen molar-refractivity contribution in [2.45, 2.75) is 31.6 Å². The van der Waals surface area contributed by atoms with Gasteiger partial charge in [-0.25, -0.2) is 4.79 Å². The highest BCUT2D eigenvalue weighted by Gasteiger charge is 2.42. The quantitative estimate of drug-likeness (QED) is 0.232. The fraction of sp³-hybridized carbons (Fsp3) is 0.360. The minimum atomic E-state index is -0.943. The number of nitro groups is 1. The maximum absolute atomic E-state index is 13.6. The molecule has 36 heavy (non-hydrogen) atoms. The molecule has 10 nitrogen and oxygen atoms in total. The highest BCUT2D eigenvalue weighted by Crippen LogP contribution is 2.49. The number of hydrogen-bond donors (Lipinski definition) is 2. The first-order valence-electron chi connectivity index (χ1n) is 11.3. The van der Waals surface area contributed by atoms with Gasteiger partial charge >= 0.3 is 11.7 Å². The highest BCUT2D eigenvalue weighted by atomic mass is 32.1. The highest BCUT2D eigenvalue weighted by molar-refractivity contribution is 7.10. The lowest BCUT2D eigenvalue weighted by Crippen LogP contribution is -2.36. The van der Waals surface area contributed by atoms with E-state index in [-0.39, 0.29) is 48.2 Å². The number of nitrogens with one attached hydrogen (secondary N) is 1. The molecule has 11 heteroatoms. The van der Waals surface area contributed by atoms with Gasteiger partial charge in [0.2, 0.25) is 5.75 Å². The zero-order valence-electron chi connectivity index (χ0n) is 20.0. The van der Waals surface area contributed by atoms with E-state index in [1.165, 1.54) is 26.4 Å². The van der Waals surface area contributed by atoms with Crippen molar-refractivity contribution in [3.63, 3.8) is 0 Å². The summed E-state index contributed by atoms with van der Waals surface area (Å²) in [7, 11) is 2.75. The van der Waals surface area contributed by atoms with Gasteiger partial charge in [0.15, 0.2) is 11.5 Å². The number of ether oxygens (including phenoxy) is 3. The Bertz CT molecular complexity index is 1270. The van der Waals surface area contributed by atoms with Crippen LogP contribution in [-0.2, 0) is 19.1 Å². The third kappa shape index (κ3) is 4.71. The van der Waals surface area contributed by atoms with Gasteiger partial charge in [-0.3, -0.25) is 14.9 Å². The molecule has 0 radical (unpaired) electrons. The number of hydrogen-bond acceptors (Lipinski definition) is 10. The summed E-state index contributed by atoms with van der Waals surface area (Å²) in [4.78, 5) is 38.8. The number of phenols is 1. The lowest BCUT2D eigenvalue weighted by Gasteiger charge is -2.36. The Kier molecular flexibility index (Phi) is 7.41. The molecular weight excluding hydrogens is 488 g/mol. The molecule has 1 aromatic carbocycles. The molecule has 1 aromatic heterocycles. The zero-order valence-corrected chi connectivity index (χ0v) is 20.8. The van der Waals surface area contributed by atoms with Gasteiger partial charge in [0.1, 0.15) is 6.61 Å². The molecule has 2 atom stereocenters. The summed E-state index contributed by atoms with van der Waals surface area (Å²) in [6.45, 7) is 1.89. The number of ketones is 1. The number of nitrogens with zero attached hydrogens (tertiary/aromatic N) is 1. The van der Waals surface area contributed by atoms with Crippen LogP contribution in [0, 0.1) is 10.1 Å². The summed E-state index contributed by atoms with van der Waals surface area (Å²) in [5, 5.41) is 27.2. The standard InChI is InChI=1S/C25H26N2O8S/c1-13-21(25(30)35-7-6-33-2)22(15-10-17(27(31)32)24(29)19(12-15)34-3)23-16(26-13)9-14(11-18(23)28)20-5-4-8-36-20/h4-5,8,10,12,14,22,26,29H,6-7,9,11H2,1-3H3/t14-,22+/m0/s1. The molecule has 1 aliphatic carbocycles. The van der Waals surface area contributed by atoms with Crippen LogP contribution < -0.4 is 10.1 Å². The van der Waals surface area contributed by atoms with Gasteiger partial charge in [-0.15, -0.1) is 11.3 Å². The molecule has 0 amide bonds. The first-order chi connectivity index (χ1) is 17.3. The van der Waals surface area contributed by atoms with Crippen LogP contribution >= 0.6 is 11.3 Å². The number of rotatable bonds is 8. The number of carbonyl (C=O) groups excluding carboxylic acids is 2.